The molecule has 0 aromatic heterocycles. The summed E-state index contributed by atoms with van der Waals surface area (Å²) in [5.41, 5.74) is 0.761. The van der Waals surface area contributed by atoms with E-state index in [2.05, 4.69) is 0 Å². The Morgan fingerprint density at radius 3 is 2.20 bits per heavy atom. The highest BCUT2D eigenvalue weighted by Gasteiger charge is 2.50. The lowest BCUT2D eigenvalue weighted by atomic mass is 9.77. The fourth-order valence-electron chi connectivity index (χ4n) is 3.16. The average molecular weight is 339 g/mol. The minimum absolute atomic E-state index is 0.0555. The summed E-state index contributed by atoms with van der Waals surface area (Å²) in [6.07, 6.45) is 0. The van der Waals surface area contributed by atoms with Crippen LogP contribution in [-0.4, -0.2) is 41.8 Å². The molecule has 6 nitrogen and oxygen atoms in total. The molecule has 25 heavy (non-hydrogen) atoms. The molecule has 6 heteroatoms. The fraction of sp³-hybridized carbons (Fsp3) is 0.211. The van der Waals surface area contributed by atoms with E-state index >= 15 is 0 Å². The number of methoxy groups -OCH3 is 1. The van der Waals surface area contributed by atoms with Crippen LogP contribution in [0.5, 0.6) is 5.75 Å². The number of carboxylic acid groups (broad SMARTS) is 1. The Morgan fingerprint density at radius 1 is 1.04 bits per heavy atom. The average Bonchev–Trinajstić information content (AvgIpc) is 2.64. The largest absolute Gasteiger partial charge is 0.497 e. The lowest BCUT2D eigenvalue weighted by Crippen LogP contribution is -2.56. The molecule has 2 aromatic carbocycles. The zero-order valence-corrected chi connectivity index (χ0v) is 13.8. The first-order valence-electron chi connectivity index (χ1n) is 7.73. The number of carbonyl (C=O) groups excluding carboxylic acids is 2. The topological polar surface area (TPSA) is 83.9 Å². The zero-order chi connectivity index (χ0) is 18.1. The number of amides is 1. The Kier molecular flexibility index (Phi) is 4.27. The van der Waals surface area contributed by atoms with Gasteiger partial charge >= 0.3 is 5.97 Å². The highest BCUT2D eigenvalue weighted by atomic mass is 16.5. The van der Waals surface area contributed by atoms with Crippen molar-refractivity contribution < 1.29 is 24.2 Å². The molecule has 0 aliphatic carbocycles. The van der Waals surface area contributed by atoms with Crippen LogP contribution in [0.3, 0.4) is 0 Å². The maximum Gasteiger partial charge on any atom is 0.336 e. The van der Waals surface area contributed by atoms with Gasteiger partial charge in [-0.15, -0.1) is 0 Å². The predicted octanol–water partition coefficient (Wildman–Crippen LogP) is 2.41. The number of benzene rings is 2. The summed E-state index contributed by atoms with van der Waals surface area (Å²) in [5.74, 6) is -2.21. The van der Waals surface area contributed by atoms with E-state index in [1.807, 2.05) is 0 Å². The van der Waals surface area contributed by atoms with Crippen molar-refractivity contribution in [3.63, 3.8) is 0 Å². The second-order valence-electron chi connectivity index (χ2n) is 5.86. The van der Waals surface area contributed by atoms with Crippen molar-refractivity contribution in [3.8, 4) is 5.75 Å². The predicted molar refractivity (Wildman–Crippen MR) is 89.7 cm³/mol. The van der Waals surface area contributed by atoms with Gasteiger partial charge in [-0.25, -0.2) is 4.79 Å². The molecule has 0 radical (unpaired) electrons. The van der Waals surface area contributed by atoms with Gasteiger partial charge in [0, 0.05) is 12.6 Å². The van der Waals surface area contributed by atoms with E-state index in [0.29, 0.717) is 5.75 Å². The van der Waals surface area contributed by atoms with Crippen LogP contribution in [0, 0.1) is 5.92 Å². The summed E-state index contributed by atoms with van der Waals surface area (Å²) >= 11 is 0. The standard InChI is InChI=1S/C19H17NO5/c1-20-16(11-7-9-12(25-2)10-8-11)15(18(20)22)17(21)13-5-3-4-6-14(13)19(23)24/h3-10,15-16H,1-2H3,(H,23,24)/t15-,16+/m0/s1. The van der Waals surface area contributed by atoms with E-state index in [4.69, 9.17) is 4.74 Å². The van der Waals surface area contributed by atoms with Crippen LogP contribution in [0.1, 0.15) is 32.3 Å². The number of carboxylic acids is 1. The number of aromatic carboxylic acids is 1. The Morgan fingerprint density at radius 2 is 1.64 bits per heavy atom. The molecule has 0 saturated carbocycles. The van der Waals surface area contributed by atoms with Crippen molar-refractivity contribution in [1.29, 1.82) is 0 Å². The van der Waals surface area contributed by atoms with E-state index in [-0.39, 0.29) is 17.0 Å². The summed E-state index contributed by atoms with van der Waals surface area (Å²) < 4.78 is 5.12. The van der Waals surface area contributed by atoms with Crippen molar-refractivity contribution in [2.75, 3.05) is 14.2 Å². The number of Topliss-reactive ketones (excluding diaryl/α,β-unsaturated/α-hetero) is 1. The molecule has 2 atom stereocenters. The van der Waals surface area contributed by atoms with Gasteiger partial charge in [-0.2, -0.15) is 0 Å². The highest BCUT2D eigenvalue weighted by molar-refractivity contribution is 6.17. The molecule has 0 unspecified atom stereocenters. The summed E-state index contributed by atoms with van der Waals surface area (Å²) in [6, 6.07) is 12.7. The van der Waals surface area contributed by atoms with Crippen molar-refractivity contribution in [1.82, 2.24) is 4.90 Å². The molecule has 0 spiro atoms. The number of rotatable bonds is 5. The number of ketones is 1. The molecule has 2 aromatic rings. The van der Waals surface area contributed by atoms with Gasteiger partial charge in [0.25, 0.3) is 0 Å². The third-order valence-electron chi connectivity index (χ3n) is 4.51. The Hall–Kier alpha value is -3.15. The van der Waals surface area contributed by atoms with Gasteiger partial charge in [-0.3, -0.25) is 9.59 Å². The summed E-state index contributed by atoms with van der Waals surface area (Å²) in [6.45, 7) is 0. The first-order chi connectivity index (χ1) is 12.0. The van der Waals surface area contributed by atoms with Crippen molar-refractivity contribution >= 4 is 17.7 Å². The monoisotopic (exact) mass is 339 g/mol. The molecular formula is C19H17NO5. The molecule has 1 saturated heterocycles. The van der Waals surface area contributed by atoms with Crippen molar-refractivity contribution in [2.45, 2.75) is 6.04 Å². The summed E-state index contributed by atoms with van der Waals surface area (Å²) in [7, 11) is 3.19. The number of β-lactam (4-membered cyclic amide) rings is 1. The van der Waals surface area contributed by atoms with Crippen LogP contribution in [0.15, 0.2) is 48.5 Å². The lowest BCUT2D eigenvalue weighted by molar-refractivity contribution is -0.150. The quantitative estimate of drug-likeness (QED) is 0.514. The minimum Gasteiger partial charge on any atom is -0.497 e. The molecule has 1 fully saturated rings. The smallest absolute Gasteiger partial charge is 0.336 e. The molecule has 128 valence electrons. The molecule has 1 aliphatic heterocycles. The van der Waals surface area contributed by atoms with Gasteiger partial charge in [0.05, 0.1) is 18.7 Å². The second-order valence-corrected chi connectivity index (χ2v) is 5.86. The molecule has 1 heterocycles. The van der Waals surface area contributed by atoms with Gasteiger partial charge in [0.15, 0.2) is 5.78 Å². The number of ether oxygens (including phenoxy) is 1. The molecule has 1 aliphatic rings. The Bertz CT molecular complexity index is 843. The first-order valence-corrected chi connectivity index (χ1v) is 7.73. The van der Waals surface area contributed by atoms with Crippen LogP contribution in [0.2, 0.25) is 0 Å². The van der Waals surface area contributed by atoms with Gasteiger partial charge in [-0.1, -0.05) is 30.3 Å². The minimum atomic E-state index is -1.19. The van der Waals surface area contributed by atoms with Crippen molar-refractivity contribution in [3.05, 3.63) is 65.2 Å². The second kappa shape index (κ2) is 6.39. The van der Waals surface area contributed by atoms with Gasteiger partial charge < -0.3 is 14.7 Å². The van der Waals surface area contributed by atoms with Gasteiger partial charge in [0.1, 0.15) is 11.7 Å². The van der Waals surface area contributed by atoms with Gasteiger partial charge in [-0.05, 0) is 23.8 Å². The number of hydrogen-bond donors (Lipinski definition) is 1. The molecule has 1 amide bonds. The third-order valence-corrected chi connectivity index (χ3v) is 4.51. The zero-order valence-electron chi connectivity index (χ0n) is 13.8. The maximum atomic E-state index is 12.9. The SMILES string of the molecule is COc1ccc([C@@H]2[C@@H](C(=O)c3ccccc3C(=O)O)C(=O)N2C)cc1. The van der Waals surface area contributed by atoms with Crippen LogP contribution in [-0.2, 0) is 4.79 Å². The molecule has 1 N–H and O–H groups in total. The molecule has 0 bridgehead atoms. The van der Waals surface area contributed by atoms with Crippen LogP contribution in [0.25, 0.3) is 0 Å². The third kappa shape index (κ3) is 2.76. The van der Waals surface area contributed by atoms with Crippen LogP contribution >= 0.6 is 0 Å². The maximum absolute atomic E-state index is 12.9. The normalized spacial score (nSPS) is 19.3. The summed E-state index contributed by atoms with van der Waals surface area (Å²) in [4.78, 5) is 38.0. The highest BCUT2D eigenvalue weighted by Crippen LogP contribution is 2.41. The van der Waals surface area contributed by atoms with Crippen molar-refractivity contribution in [2.24, 2.45) is 5.92 Å². The number of nitrogens with zero attached hydrogens (tertiary/aromatic N) is 1. The van der Waals surface area contributed by atoms with E-state index < -0.39 is 23.7 Å². The van der Waals surface area contributed by atoms with E-state index in [0.717, 1.165) is 5.56 Å². The summed E-state index contributed by atoms with van der Waals surface area (Å²) in [5, 5.41) is 9.28. The number of carbonyl (C=O) groups is 3. The number of hydrogen-bond acceptors (Lipinski definition) is 4. The lowest BCUT2D eigenvalue weighted by Gasteiger charge is -2.44. The molecular weight excluding hydrogens is 322 g/mol. The Labute approximate surface area is 144 Å². The van der Waals surface area contributed by atoms with E-state index in [1.165, 1.54) is 17.0 Å². The van der Waals surface area contributed by atoms with Crippen LogP contribution < -0.4 is 4.74 Å². The Balaban J connectivity index is 1.96. The molecule has 3 rings (SSSR count). The fourth-order valence-corrected chi connectivity index (χ4v) is 3.16. The van der Waals surface area contributed by atoms with Crippen LogP contribution in [0.4, 0.5) is 0 Å². The van der Waals surface area contributed by atoms with E-state index in [9.17, 15) is 19.5 Å². The van der Waals surface area contributed by atoms with E-state index in [1.54, 1.807) is 50.6 Å². The number of likely N-dealkylation sites (tertiary alicyclic amines) is 1. The van der Waals surface area contributed by atoms with Gasteiger partial charge in [0.2, 0.25) is 5.91 Å². The first kappa shape index (κ1) is 16.7.